The number of nitriles is 1. The van der Waals surface area contributed by atoms with Gasteiger partial charge in [0.2, 0.25) is 0 Å². The van der Waals surface area contributed by atoms with Gasteiger partial charge in [-0.3, -0.25) is 4.90 Å². The molecule has 0 N–H and O–H groups in total. The summed E-state index contributed by atoms with van der Waals surface area (Å²) < 4.78 is 11.0. The van der Waals surface area contributed by atoms with E-state index in [1.807, 2.05) is 34.6 Å². The fourth-order valence-electron chi connectivity index (χ4n) is 2.01. The Labute approximate surface area is 109 Å². The second kappa shape index (κ2) is 5.15. The summed E-state index contributed by atoms with van der Waals surface area (Å²) in [5.74, 6) is 0. The van der Waals surface area contributed by atoms with Crippen LogP contribution >= 0.6 is 0 Å². The summed E-state index contributed by atoms with van der Waals surface area (Å²) in [6, 6.07) is 2.01. The van der Waals surface area contributed by atoms with E-state index in [-0.39, 0.29) is 12.1 Å². The van der Waals surface area contributed by atoms with Gasteiger partial charge in [0.1, 0.15) is 11.3 Å². The molecule has 0 aromatic carbocycles. The van der Waals surface area contributed by atoms with Gasteiger partial charge < -0.3 is 9.47 Å². The molecule has 0 aliphatic carbocycles. The first-order chi connectivity index (χ1) is 8.17. The van der Waals surface area contributed by atoms with Gasteiger partial charge >= 0.3 is 6.09 Å². The van der Waals surface area contributed by atoms with Crippen molar-refractivity contribution in [2.45, 2.75) is 64.8 Å². The minimum Gasteiger partial charge on any atom is -0.444 e. The van der Waals surface area contributed by atoms with E-state index < -0.39 is 11.3 Å². The predicted octanol–water partition coefficient (Wildman–Crippen LogP) is 2.66. The molecule has 0 unspecified atom stereocenters. The molecular formula is C13H22N2O3. The van der Waals surface area contributed by atoms with Crippen LogP contribution in [0.1, 0.15) is 47.5 Å². The summed E-state index contributed by atoms with van der Waals surface area (Å²) in [6.07, 6.45) is 0.635. The van der Waals surface area contributed by atoms with Crippen LogP contribution < -0.4 is 0 Å². The molecule has 1 atom stereocenters. The molecule has 5 heteroatoms. The van der Waals surface area contributed by atoms with Crippen molar-refractivity contribution in [3.8, 4) is 6.07 Å². The number of ether oxygens (including phenoxy) is 2. The highest BCUT2D eigenvalue weighted by Gasteiger charge is 2.45. The van der Waals surface area contributed by atoms with Crippen LogP contribution in [-0.4, -0.2) is 35.0 Å². The normalized spacial score (nSPS) is 22.7. The van der Waals surface area contributed by atoms with Crippen LogP contribution in [0, 0.1) is 11.3 Å². The van der Waals surface area contributed by atoms with Crippen LogP contribution in [0.25, 0.3) is 0 Å². The van der Waals surface area contributed by atoms with Gasteiger partial charge in [0, 0.05) is 6.42 Å². The first-order valence-corrected chi connectivity index (χ1v) is 6.20. The molecule has 1 aliphatic heterocycles. The Hall–Kier alpha value is -1.28. The largest absolute Gasteiger partial charge is 0.444 e. The molecule has 5 nitrogen and oxygen atoms in total. The van der Waals surface area contributed by atoms with Gasteiger partial charge in [-0.1, -0.05) is 0 Å². The molecule has 102 valence electrons. The van der Waals surface area contributed by atoms with E-state index in [2.05, 4.69) is 6.07 Å². The Morgan fingerprint density at radius 1 is 1.56 bits per heavy atom. The van der Waals surface area contributed by atoms with Crippen molar-refractivity contribution < 1.29 is 14.3 Å². The van der Waals surface area contributed by atoms with Gasteiger partial charge in [-0.25, -0.2) is 4.79 Å². The fraction of sp³-hybridized carbons (Fsp3) is 0.846. The molecule has 1 rings (SSSR count). The van der Waals surface area contributed by atoms with Crippen LogP contribution in [0.2, 0.25) is 0 Å². The molecule has 0 aromatic rings. The number of nitrogens with zero attached hydrogens (tertiary/aromatic N) is 2. The highest BCUT2D eigenvalue weighted by molar-refractivity contribution is 5.69. The Balaban J connectivity index is 2.79. The minimum atomic E-state index is -0.678. The van der Waals surface area contributed by atoms with Crippen LogP contribution in [0.5, 0.6) is 0 Å². The fourth-order valence-corrected chi connectivity index (χ4v) is 2.01. The SMILES string of the molecule is CC(C)(C)OC(=O)N1[C@@H](CCC#N)COC1(C)C. The average molecular weight is 254 g/mol. The maximum absolute atomic E-state index is 12.2. The molecule has 1 heterocycles. The predicted molar refractivity (Wildman–Crippen MR) is 66.7 cm³/mol. The summed E-state index contributed by atoms with van der Waals surface area (Å²) >= 11 is 0. The van der Waals surface area contributed by atoms with Crippen molar-refractivity contribution >= 4 is 6.09 Å². The lowest BCUT2D eigenvalue weighted by molar-refractivity contribution is -0.0626. The summed E-state index contributed by atoms with van der Waals surface area (Å²) in [5, 5.41) is 8.64. The van der Waals surface area contributed by atoms with E-state index in [9.17, 15) is 4.79 Å². The van der Waals surface area contributed by atoms with Crippen molar-refractivity contribution in [2.24, 2.45) is 0 Å². The molecule has 1 aliphatic rings. The second-order valence-electron chi connectivity index (χ2n) is 5.96. The third-order valence-electron chi connectivity index (χ3n) is 2.75. The van der Waals surface area contributed by atoms with E-state index in [1.165, 1.54) is 0 Å². The lowest BCUT2D eigenvalue weighted by Gasteiger charge is -2.35. The standard InChI is InChI=1S/C13H22N2O3/c1-12(2,3)18-11(16)15-10(7-6-8-14)9-17-13(15,4)5/h10H,6-7,9H2,1-5H3/t10-/m0/s1. The van der Waals surface area contributed by atoms with Crippen molar-refractivity contribution in [3.63, 3.8) is 0 Å². The minimum absolute atomic E-state index is 0.0884. The molecule has 18 heavy (non-hydrogen) atoms. The molecule has 0 saturated carbocycles. The number of rotatable bonds is 2. The quantitative estimate of drug-likeness (QED) is 0.760. The zero-order valence-corrected chi connectivity index (χ0v) is 11.8. The number of hydrogen-bond donors (Lipinski definition) is 0. The van der Waals surface area contributed by atoms with Crippen molar-refractivity contribution in [2.75, 3.05) is 6.61 Å². The van der Waals surface area contributed by atoms with Gasteiger partial charge in [0.15, 0.2) is 0 Å². The molecule has 0 spiro atoms. The van der Waals surface area contributed by atoms with Gasteiger partial charge in [0.25, 0.3) is 0 Å². The maximum Gasteiger partial charge on any atom is 0.412 e. The number of amides is 1. The third-order valence-corrected chi connectivity index (χ3v) is 2.75. The molecule has 1 amide bonds. The molecule has 0 aromatic heterocycles. The van der Waals surface area contributed by atoms with Crippen molar-refractivity contribution in [1.29, 1.82) is 5.26 Å². The average Bonchev–Trinajstić information content (AvgIpc) is 2.48. The first-order valence-electron chi connectivity index (χ1n) is 6.20. The van der Waals surface area contributed by atoms with Gasteiger partial charge in [0.05, 0.1) is 18.7 Å². The lowest BCUT2D eigenvalue weighted by atomic mass is 10.1. The van der Waals surface area contributed by atoms with E-state index in [4.69, 9.17) is 14.7 Å². The zero-order chi connectivity index (χ0) is 14.0. The zero-order valence-electron chi connectivity index (χ0n) is 11.8. The highest BCUT2D eigenvalue weighted by atomic mass is 16.6. The maximum atomic E-state index is 12.2. The third kappa shape index (κ3) is 3.61. The van der Waals surface area contributed by atoms with E-state index >= 15 is 0 Å². The molecule has 1 saturated heterocycles. The molecular weight excluding hydrogens is 232 g/mol. The summed E-state index contributed by atoms with van der Waals surface area (Å²) in [7, 11) is 0. The number of carbonyl (C=O) groups is 1. The Kier molecular flexibility index (Phi) is 4.23. The Morgan fingerprint density at radius 2 is 2.17 bits per heavy atom. The molecule has 0 bridgehead atoms. The summed E-state index contributed by atoms with van der Waals surface area (Å²) in [6.45, 7) is 9.62. The van der Waals surface area contributed by atoms with E-state index in [0.717, 1.165) is 0 Å². The van der Waals surface area contributed by atoms with Crippen LogP contribution in [0.15, 0.2) is 0 Å². The second-order valence-corrected chi connectivity index (χ2v) is 5.96. The van der Waals surface area contributed by atoms with Gasteiger partial charge in [-0.05, 0) is 41.0 Å². The topological polar surface area (TPSA) is 62.6 Å². The number of hydrogen-bond acceptors (Lipinski definition) is 4. The van der Waals surface area contributed by atoms with Crippen LogP contribution in [0.3, 0.4) is 0 Å². The number of carbonyl (C=O) groups excluding carboxylic acids is 1. The Bertz CT molecular complexity index is 352. The summed E-state index contributed by atoms with van der Waals surface area (Å²) in [5.41, 5.74) is -1.21. The molecule has 1 fully saturated rings. The molecule has 0 radical (unpaired) electrons. The Morgan fingerprint density at radius 3 is 2.67 bits per heavy atom. The smallest absolute Gasteiger partial charge is 0.412 e. The van der Waals surface area contributed by atoms with Crippen LogP contribution in [-0.2, 0) is 9.47 Å². The van der Waals surface area contributed by atoms with Gasteiger partial charge in [-0.15, -0.1) is 0 Å². The summed E-state index contributed by atoms with van der Waals surface area (Å²) in [4.78, 5) is 13.8. The van der Waals surface area contributed by atoms with Crippen molar-refractivity contribution in [1.82, 2.24) is 4.90 Å². The van der Waals surface area contributed by atoms with Crippen LogP contribution in [0.4, 0.5) is 4.79 Å². The van der Waals surface area contributed by atoms with E-state index in [1.54, 1.807) is 4.90 Å². The van der Waals surface area contributed by atoms with E-state index in [0.29, 0.717) is 19.4 Å². The van der Waals surface area contributed by atoms with Gasteiger partial charge in [-0.2, -0.15) is 5.26 Å². The first kappa shape index (κ1) is 14.8. The lowest BCUT2D eigenvalue weighted by Crippen LogP contribution is -2.49. The highest BCUT2D eigenvalue weighted by Crippen LogP contribution is 2.31. The monoisotopic (exact) mass is 254 g/mol. The van der Waals surface area contributed by atoms with Crippen molar-refractivity contribution in [3.05, 3.63) is 0 Å².